The molecule has 0 spiro atoms. The van der Waals surface area contributed by atoms with Crippen LogP contribution < -0.4 is 10.1 Å². The summed E-state index contributed by atoms with van der Waals surface area (Å²) in [7, 11) is 0. The molecule has 0 amide bonds. The summed E-state index contributed by atoms with van der Waals surface area (Å²) in [5.74, 6) is 0.862. The molecular weight excluding hydrogens is 234 g/mol. The van der Waals surface area contributed by atoms with Gasteiger partial charge in [-0.25, -0.2) is 0 Å². The molecule has 1 N–H and O–H groups in total. The summed E-state index contributed by atoms with van der Waals surface area (Å²) in [6.07, 6.45) is 1.13. The molecule has 0 saturated heterocycles. The molecule has 1 aromatic rings. The largest absolute Gasteiger partial charge is 0.486 e. The van der Waals surface area contributed by atoms with Crippen molar-refractivity contribution in [1.29, 1.82) is 0 Å². The molecule has 96 valence electrons. The van der Waals surface area contributed by atoms with Crippen molar-refractivity contribution >= 4 is 11.6 Å². The third kappa shape index (κ3) is 4.97. The molecule has 1 aromatic carbocycles. The average molecular weight is 256 g/mol. The number of ether oxygens (including phenoxy) is 1. The van der Waals surface area contributed by atoms with Crippen molar-refractivity contribution in [3.05, 3.63) is 28.8 Å². The van der Waals surface area contributed by atoms with Crippen LogP contribution in [-0.2, 0) is 0 Å². The van der Waals surface area contributed by atoms with Crippen LogP contribution in [0.3, 0.4) is 0 Å². The van der Waals surface area contributed by atoms with Crippen molar-refractivity contribution in [3.8, 4) is 5.75 Å². The quantitative estimate of drug-likeness (QED) is 0.781. The van der Waals surface area contributed by atoms with Gasteiger partial charge in [-0.2, -0.15) is 0 Å². The first-order valence-electron chi connectivity index (χ1n) is 6.10. The van der Waals surface area contributed by atoms with E-state index in [1.165, 1.54) is 0 Å². The molecule has 0 saturated carbocycles. The fraction of sp³-hybridized carbons (Fsp3) is 0.571. The van der Waals surface area contributed by atoms with E-state index in [0.717, 1.165) is 30.8 Å². The number of rotatable bonds is 6. The number of hydrogen-bond acceptors (Lipinski definition) is 2. The molecule has 0 aromatic heterocycles. The molecule has 0 radical (unpaired) electrons. The zero-order chi connectivity index (χ0) is 12.9. The van der Waals surface area contributed by atoms with Crippen LogP contribution in [0.4, 0.5) is 0 Å². The Hall–Kier alpha value is -0.730. The van der Waals surface area contributed by atoms with Crippen LogP contribution in [-0.4, -0.2) is 18.7 Å². The van der Waals surface area contributed by atoms with Gasteiger partial charge in [-0.3, -0.25) is 0 Å². The molecule has 0 unspecified atom stereocenters. The molecule has 17 heavy (non-hydrogen) atoms. The zero-order valence-electron chi connectivity index (χ0n) is 11.1. The van der Waals surface area contributed by atoms with Gasteiger partial charge in [0.25, 0.3) is 0 Å². The van der Waals surface area contributed by atoms with Gasteiger partial charge in [0.15, 0.2) is 0 Å². The van der Waals surface area contributed by atoms with E-state index >= 15 is 0 Å². The molecular formula is C14H22ClNO. The summed E-state index contributed by atoms with van der Waals surface area (Å²) >= 11 is 5.98. The minimum atomic E-state index is -0.232. The second-order valence-electron chi connectivity index (χ2n) is 4.95. The van der Waals surface area contributed by atoms with Crippen molar-refractivity contribution in [2.24, 2.45) is 0 Å². The maximum absolute atomic E-state index is 6.01. The molecule has 0 aliphatic heterocycles. The third-order valence-corrected chi connectivity index (χ3v) is 2.75. The van der Waals surface area contributed by atoms with Gasteiger partial charge < -0.3 is 10.1 Å². The minimum absolute atomic E-state index is 0.232. The van der Waals surface area contributed by atoms with Gasteiger partial charge in [0.2, 0.25) is 0 Å². The summed E-state index contributed by atoms with van der Waals surface area (Å²) in [5, 5.41) is 4.08. The zero-order valence-corrected chi connectivity index (χ0v) is 11.9. The van der Waals surface area contributed by atoms with Gasteiger partial charge in [0.05, 0.1) is 0 Å². The first-order valence-corrected chi connectivity index (χ1v) is 6.48. The Balaban J connectivity index is 2.65. The van der Waals surface area contributed by atoms with Gasteiger partial charge >= 0.3 is 0 Å². The Morgan fingerprint density at radius 3 is 2.71 bits per heavy atom. The van der Waals surface area contributed by atoms with E-state index in [1.807, 2.05) is 25.1 Å². The van der Waals surface area contributed by atoms with Crippen LogP contribution in [0.2, 0.25) is 5.02 Å². The lowest BCUT2D eigenvalue weighted by Gasteiger charge is -2.28. The molecule has 0 bridgehead atoms. The van der Waals surface area contributed by atoms with E-state index in [1.54, 1.807) is 0 Å². The fourth-order valence-electron chi connectivity index (χ4n) is 1.58. The minimum Gasteiger partial charge on any atom is -0.486 e. The number of nitrogens with one attached hydrogen (secondary N) is 1. The summed E-state index contributed by atoms with van der Waals surface area (Å²) in [5.41, 5.74) is 0.878. The van der Waals surface area contributed by atoms with Gasteiger partial charge in [-0.15, -0.1) is 0 Å². The highest BCUT2D eigenvalue weighted by atomic mass is 35.5. The van der Waals surface area contributed by atoms with E-state index in [4.69, 9.17) is 16.3 Å². The Bertz CT molecular complexity index is 363. The van der Waals surface area contributed by atoms with Crippen molar-refractivity contribution in [2.45, 2.75) is 39.7 Å². The summed E-state index contributed by atoms with van der Waals surface area (Å²) < 4.78 is 6.01. The van der Waals surface area contributed by atoms with Gasteiger partial charge in [0.1, 0.15) is 11.4 Å². The summed E-state index contributed by atoms with van der Waals surface area (Å²) in [6.45, 7) is 10.2. The molecule has 0 atom stereocenters. The molecule has 0 aliphatic rings. The second-order valence-corrected chi connectivity index (χ2v) is 5.38. The predicted octanol–water partition coefficient (Wildman–Crippen LogP) is 3.81. The maximum atomic E-state index is 6.01. The molecule has 0 aliphatic carbocycles. The van der Waals surface area contributed by atoms with E-state index in [2.05, 4.69) is 26.1 Å². The number of aryl methyl sites for hydroxylation is 1. The summed E-state index contributed by atoms with van der Waals surface area (Å²) in [6, 6.07) is 5.73. The Morgan fingerprint density at radius 2 is 2.06 bits per heavy atom. The summed E-state index contributed by atoms with van der Waals surface area (Å²) in [4.78, 5) is 0. The first-order chi connectivity index (χ1) is 7.94. The van der Waals surface area contributed by atoms with Gasteiger partial charge in [-0.05, 0) is 51.4 Å². The smallest absolute Gasteiger partial charge is 0.124 e. The topological polar surface area (TPSA) is 21.3 Å². The third-order valence-electron chi connectivity index (χ3n) is 2.51. The van der Waals surface area contributed by atoms with E-state index in [-0.39, 0.29) is 5.60 Å². The van der Waals surface area contributed by atoms with Crippen LogP contribution in [0.25, 0.3) is 0 Å². The predicted molar refractivity (Wildman–Crippen MR) is 74.1 cm³/mol. The van der Waals surface area contributed by atoms with Crippen molar-refractivity contribution < 1.29 is 4.74 Å². The first kappa shape index (κ1) is 14.3. The highest BCUT2D eigenvalue weighted by Gasteiger charge is 2.20. The van der Waals surface area contributed by atoms with Crippen molar-refractivity contribution in [1.82, 2.24) is 5.32 Å². The number of benzene rings is 1. The lowest BCUT2D eigenvalue weighted by molar-refractivity contribution is 0.107. The Labute approximate surface area is 109 Å². The highest BCUT2D eigenvalue weighted by Crippen LogP contribution is 2.26. The van der Waals surface area contributed by atoms with Crippen molar-refractivity contribution in [2.75, 3.05) is 13.1 Å². The number of hydrogen-bond donors (Lipinski definition) is 1. The lowest BCUT2D eigenvalue weighted by atomic mass is 10.1. The molecule has 0 fully saturated rings. The van der Waals surface area contributed by atoms with Crippen LogP contribution in [0, 0.1) is 6.92 Å². The Kier molecular flexibility index (Phi) is 5.29. The maximum Gasteiger partial charge on any atom is 0.124 e. The van der Waals surface area contributed by atoms with Crippen molar-refractivity contribution in [3.63, 3.8) is 0 Å². The highest BCUT2D eigenvalue weighted by molar-refractivity contribution is 6.30. The number of halogens is 1. The van der Waals surface area contributed by atoms with E-state index in [0.29, 0.717) is 5.02 Å². The van der Waals surface area contributed by atoms with E-state index in [9.17, 15) is 0 Å². The molecule has 1 rings (SSSR count). The molecule has 2 nitrogen and oxygen atoms in total. The second kappa shape index (κ2) is 6.27. The van der Waals surface area contributed by atoms with Crippen LogP contribution in [0.1, 0.15) is 32.8 Å². The standard InChI is InChI=1S/C14H22ClNO/c1-5-8-16-10-14(3,4)17-13-9-12(15)7-6-11(13)2/h6-7,9,16H,5,8,10H2,1-4H3. The Morgan fingerprint density at radius 1 is 1.35 bits per heavy atom. The van der Waals surface area contributed by atoms with Gasteiger partial charge in [-0.1, -0.05) is 24.6 Å². The van der Waals surface area contributed by atoms with Crippen LogP contribution in [0.5, 0.6) is 5.75 Å². The SMILES string of the molecule is CCCNCC(C)(C)Oc1cc(Cl)ccc1C. The van der Waals surface area contributed by atoms with Crippen LogP contribution >= 0.6 is 11.6 Å². The van der Waals surface area contributed by atoms with Gasteiger partial charge in [0, 0.05) is 11.6 Å². The normalized spacial score (nSPS) is 11.6. The fourth-order valence-corrected chi connectivity index (χ4v) is 1.75. The van der Waals surface area contributed by atoms with E-state index < -0.39 is 0 Å². The molecule has 3 heteroatoms. The molecule has 0 heterocycles. The lowest BCUT2D eigenvalue weighted by Crippen LogP contribution is -2.40. The monoisotopic (exact) mass is 255 g/mol. The van der Waals surface area contributed by atoms with Crippen LogP contribution in [0.15, 0.2) is 18.2 Å². The average Bonchev–Trinajstić information content (AvgIpc) is 2.23.